The normalized spacial score (nSPS) is 10.5. The summed E-state index contributed by atoms with van der Waals surface area (Å²) in [6.07, 6.45) is 0. The van der Waals surface area contributed by atoms with Crippen molar-refractivity contribution in [3.63, 3.8) is 0 Å². The summed E-state index contributed by atoms with van der Waals surface area (Å²) in [6, 6.07) is 15.8. The van der Waals surface area contributed by atoms with E-state index in [0.29, 0.717) is 22.4 Å². The molecular formula is C17H13NO3. The molecule has 0 aliphatic rings. The fraction of sp³-hybridized carbons (Fsp3) is 0.0588. The van der Waals surface area contributed by atoms with Crippen molar-refractivity contribution in [1.29, 1.82) is 0 Å². The van der Waals surface area contributed by atoms with Gasteiger partial charge in [0, 0.05) is 24.2 Å². The van der Waals surface area contributed by atoms with Crippen LogP contribution in [0.5, 0.6) is 0 Å². The van der Waals surface area contributed by atoms with Crippen molar-refractivity contribution in [1.82, 2.24) is 0 Å². The summed E-state index contributed by atoms with van der Waals surface area (Å²) in [6.45, 7) is 1.45. The minimum atomic E-state index is -0.125. The van der Waals surface area contributed by atoms with E-state index in [1.807, 2.05) is 6.07 Å². The van der Waals surface area contributed by atoms with Crippen molar-refractivity contribution in [2.24, 2.45) is 0 Å². The van der Waals surface area contributed by atoms with Gasteiger partial charge in [-0.05, 0) is 36.4 Å². The summed E-state index contributed by atoms with van der Waals surface area (Å²) >= 11 is 0. The van der Waals surface area contributed by atoms with Gasteiger partial charge >= 0.3 is 0 Å². The molecule has 0 spiro atoms. The van der Waals surface area contributed by atoms with Crippen molar-refractivity contribution in [3.8, 4) is 11.3 Å². The van der Waals surface area contributed by atoms with E-state index in [2.05, 4.69) is 5.32 Å². The van der Waals surface area contributed by atoms with Crippen LogP contribution in [0.4, 0.5) is 5.69 Å². The van der Waals surface area contributed by atoms with Crippen LogP contribution in [0.3, 0.4) is 0 Å². The molecule has 1 heterocycles. The van der Waals surface area contributed by atoms with Gasteiger partial charge in [0.25, 0.3) is 0 Å². The smallest absolute Gasteiger partial charge is 0.221 e. The topological polar surface area (TPSA) is 59.3 Å². The Morgan fingerprint density at radius 3 is 2.48 bits per heavy atom. The third-order valence-corrected chi connectivity index (χ3v) is 3.12. The van der Waals surface area contributed by atoms with Gasteiger partial charge in [-0.15, -0.1) is 0 Å². The fourth-order valence-electron chi connectivity index (χ4n) is 2.17. The summed E-state index contributed by atoms with van der Waals surface area (Å²) in [5, 5.41) is 3.26. The molecule has 1 aromatic heterocycles. The molecule has 1 N–H and O–H groups in total. The van der Waals surface area contributed by atoms with Crippen molar-refractivity contribution >= 4 is 22.6 Å². The molecule has 0 unspecified atom stereocenters. The van der Waals surface area contributed by atoms with Gasteiger partial charge < -0.3 is 9.73 Å². The van der Waals surface area contributed by atoms with E-state index in [1.165, 1.54) is 13.0 Å². The molecule has 104 valence electrons. The Balaban J connectivity index is 2.04. The van der Waals surface area contributed by atoms with Crippen LogP contribution in [0.25, 0.3) is 22.3 Å². The van der Waals surface area contributed by atoms with Crippen LogP contribution in [0.2, 0.25) is 0 Å². The van der Waals surface area contributed by atoms with E-state index in [9.17, 15) is 9.59 Å². The van der Waals surface area contributed by atoms with Gasteiger partial charge in [0.2, 0.25) is 5.91 Å². The highest BCUT2D eigenvalue weighted by Gasteiger charge is 2.06. The zero-order valence-electron chi connectivity index (χ0n) is 11.4. The molecule has 0 atom stereocenters. The Hall–Kier alpha value is -2.88. The first-order chi connectivity index (χ1) is 10.1. The van der Waals surface area contributed by atoms with Crippen LogP contribution in [-0.2, 0) is 4.79 Å². The number of nitrogens with one attached hydrogen (secondary N) is 1. The highest BCUT2D eigenvalue weighted by molar-refractivity contribution is 5.89. The van der Waals surface area contributed by atoms with E-state index in [1.54, 1.807) is 42.5 Å². The van der Waals surface area contributed by atoms with Crippen molar-refractivity contribution in [2.75, 3.05) is 5.32 Å². The third kappa shape index (κ3) is 2.69. The third-order valence-electron chi connectivity index (χ3n) is 3.12. The molecule has 21 heavy (non-hydrogen) atoms. The van der Waals surface area contributed by atoms with Gasteiger partial charge in [-0.25, -0.2) is 0 Å². The second-order valence-electron chi connectivity index (χ2n) is 4.73. The van der Waals surface area contributed by atoms with Crippen LogP contribution in [0, 0.1) is 0 Å². The van der Waals surface area contributed by atoms with Gasteiger partial charge in [0.05, 0.1) is 5.39 Å². The van der Waals surface area contributed by atoms with E-state index < -0.39 is 0 Å². The Morgan fingerprint density at radius 1 is 1.05 bits per heavy atom. The number of anilines is 1. The maximum Gasteiger partial charge on any atom is 0.221 e. The maximum absolute atomic E-state index is 12.1. The van der Waals surface area contributed by atoms with E-state index in [4.69, 9.17) is 4.42 Å². The SMILES string of the molecule is CC(=O)Nc1ccc(-c2cc(=O)c3ccccc3o2)cc1. The van der Waals surface area contributed by atoms with Gasteiger partial charge in [-0.2, -0.15) is 0 Å². The number of amides is 1. The largest absolute Gasteiger partial charge is 0.456 e. The van der Waals surface area contributed by atoms with Crippen LogP contribution < -0.4 is 10.7 Å². The number of benzene rings is 2. The van der Waals surface area contributed by atoms with Crippen molar-refractivity contribution in [3.05, 3.63) is 64.8 Å². The minimum absolute atomic E-state index is 0.0715. The van der Waals surface area contributed by atoms with Crippen LogP contribution in [-0.4, -0.2) is 5.91 Å². The van der Waals surface area contributed by atoms with Gasteiger partial charge in [-0.3, -0.25) is 9.59 Å². The van der Waals surface area contributed by atoms with Gasteiger partial charge in [0.15, 0.2) is 5.43 Å². The minimum Gasteiger partial charge on any atom is -0.456 e. The molecule has 4 nitrogen and oxygen atoms in total. The molecule has 0 radical (unpaired) electrons. The van der Waals surface area contributed by atoms with E-state index >= 15 is 0 Å². The fourth-order valence-corrected chi connectivity index (χ4v) is 2.17. The molecule has 0 saturated heterocycles. The first-order valence-corrected chi connectivity index (χ1v) is 6.54. The standard InChI is InChI=1S/C17H13NO3/c1-11(19)18-13-8-6-12(7-9-13)17-10-15(20)14-4-2-3-5-16(14)21-17/h2-10H,1H3,(H,18,19). The summed E-state index contributed by atoms with van der Waals surface area (Å²) in [7, 11) is 0. The van der Waals surface area contributed by atoms with Gasteiger partial charge in [-0.1, -0.05) is 12.1 Å². The van der Waals surface area contributed by atoms with Crippen LogP contribution in [0.1, 0.15) is 6.92 Å². The lowest BCUT2D eigenvalue weighted by molar-refractivity contribution is -0.114. The zero-order valence-corrected chi connectivity index (χ0v) is 11.4. The predicted octanol–water partition coefficient (Wildman–Crippen LogP) is 3.42. The molecule has 3 aromatic rings. The Kier molecular flexibility index (Phi) is 3.28. The molecular weight excluding hydrogens is 266 g/mol. The second-order valence-corrected chi connectivity index (χ2v) is 4.73. The molecule has 3 rings (SSSR count). The molecule has 0 aliphatic heterocycles. The highest BCUT2D eigenvalue weighted by atomic mass is 16.3. The lowest BCUT2D eigenvalue weighted by atomic mass is 10.1. The lowest BCUT2D eigenvalue weighted by Crippen LogP contribution is -2.05. The number of para-hydroxylation sites is 1. The van der Waals surface area contributed by atoms with Crippen molar-refractivity contribution < 1.29 is 9.21 Å². The zero-order chi connectivity index (χ0) is 14.8. The quantitative estimate of drug-likeness (QED) is 0.782. The summed E-state index contributed by atoms with van der Waals surface area (Å²) < 4.78 is 5.76. The number of fused-ring (bicyclic) bond motifs is 1. The average Bonchev–Trinajstić information content (AvgIpc) is 2.47. The average molecular weight is 279 g/mol. The Morgan fingerprint density at radius 2 is 1.76 bits per heavy atom. The molecule has 2 aromatic carbocycles. The van der Waals surface area contributed by atoms with Crippen LogP contribution >= 0.6 is 0 Å². The summed E-state index contributed by atoms with van der Waals surface area (Å²) in [4.78, 5) is 23.1. The molecule has 0 aliphatic carbocycles. The predicted molar refractivity (Wildman–Crippen MR) is 82.2 cm³/mol. The number of rotatable bonds is 2. The Bertz CT molecular complexity index is 863. The van der Waals surface area contributed by atoms with Crippen molar-refractivity contribution in [2.45, 2.75) is 6.92 Å². The van der Waals surface area contributed by atoms with E-state index in [-0.39, 0.29) is 11.3 Å². The summed E-state index contributed by atoms with van der Waals surface area (Å²) in [5.74, 6) is 0.382. The monoisotopic (exact) mass is 279 g/mol. The molecule has 0 bridgehead atoms. The number of hydrogen-bond donors (Lipinski definition) is 1. The number of carbonyl (C=O) groups excluding carboxylic acids is 1. The summed E-state index contributed by atoms with van der Waals surface area (Å²) in [5.41, 5.74) is 1.98. The van der Waals surface area contributed by atoms with Crippen LogP contribution in [0.15, 0.2) is 63.8 Å². The number of carbonyl (C=O) groups is 1. The molecule has 1 amide bonds. The number of hydrogen-bond acceptors (Lipinski definition) is 3. The highest BCUT2D eigenvalue weighted by Crippen LogP contribution is 2.23. The first-order valence-electron chi connectivity index (χ1n) is 6.54. The first kappa shape index (κ1) is 13.1. The maximum atomic E-state index is 12.1. The molecule has 4 heteroatoms. The second kappa shape index (κ2) is 5.25. The van der Waals surface area contributed by atoms with E-state index in [0.717, 1.165) is 5.56 Å². The molecule has 0 fully saturated rings. The Labute approximate surface area is 121 Å². The lowest BCUT2D eigenvalue weighted by Gasteiger charge is -2.05. The molecule has 0 saturated carbocycles. The van der Waals surface area contributed by atoms with Gasteiger partial charge in [0.1, 0.15) is 11.3 Å².